The second kappa shape index (κ2) is 3.76. The maximum Gasteiger partial charge on any atom is 0.0581 e. The Bertz CT molecular complexity index is 85.0. The molecule has 0 heterocycles. The van der Waals surface area contributed by atoms with E-state index >= 15 is 0 Å². The van der Waals surface area contributed by atoms with Crippen molar-refractivity contribution in [3.63, 3.8) is 0 Å². The van der Waals surface area contributed by atoms with E-state index in [-0.39, 0.29) is 0 Å². The molecule has 0 saturated heterocycles. The minimum absolute atomic E-state index is 0.556. The van der Waals surface area contributed by atoms with E-state index in [2.05, 4.69) is 22.6 Å². The summed E-state index contributed by atoms with van der Waals surface area (Å²) in [5.41, 5.74) is 0. The van der Waals surface area contributed by atoms with Gasteiger partial charge in [0.15, 0.2) is 0 Å². The van der Waals surface area contributed by atoms with E-state index in [9.17, 15) is 0 Å². The number of methoxy groups -OCH3 is 1. The Kier molecular flexibility index (Phi) is 3.26. The van der Waals surface area contributed by atoms with E-state index in [1.807, 2.05) is 7.11 Å². The Morgan fingerprint density at radius 2 is 2.22 bits per heavy atom. The molecule has 0 radical (unpaired) electrons. The third-order valence-electron chi connectivity index (χ3n) is 1.90. The van der Waals surface area contributed by atoms with Crippen molar-refractivity contribution in [3.8, 4) is 0 Å². The van der Waals surface area contributed by atoms with E-state index in [1.165, 1.54) is 25.7 Å². The molecule has 54 valence electrons. The van der Waals surface area contributed by atoms with Crippen LogP contribution in [-0.4, -0.2) is 17.1 Å². The van der Waals surface area contributed by atoms with Gasteiger partial charge < -0.3 is 4.74 Å². The van der Waals surface area contributed by atoms with Gasteiger partial charge in [0.25, 0.3) is 0 Å². The topological polar surface area (TPSA) is 9.23 Å². The van der Waals surface area contributed by atoms with Crippen molar-refractivity contribution in [3.05, 3.63) is 0 Å². The molecule has 2 atom stereocenters. The molecule has 1 aliphatic carbocycles. The third kappa shape index (κ3) is 2.42. The van der Waals surface area contributed by atoms with Crippen LogP contribution in [-0.2, 0) is 4.74 Å². The first-order chi connectivity index (χ1) is 4.33. The lowest BCUT2D eigenvalue weighted by molar-refractivity contribution is 0.0745. The summed E-state index contributed by atoms with van der Waals surface area (Å²) in [6.07, 6.45) is 5.83. The van der Waals surface area contributed by atoms with Crippen LogP contribution in [0.25, 0.3) is 0 Å². The Balaban J connectivity index is 2.23. The molecule has 1 fully saturated rings. The fourth-order valence-corrected chi connectivity index (χ4v) is 2.31. The number of hydrogen-bond donors (Lipinski definition) is 0. The molecule has 0 N–H and O–H groups in total. The second-order valence-electron chi connectivity index (χ2n) is 2.62. The van der Waals surface area contributed by atoms with Gasteiger partial charge in [-0.1, -0.05) is 22.6 Å². The van der Waals surface area contributed by atoms with Gasteiger partial charge in [-0.2, -0.15) is 0 Å². The van der Waals surface area contributed by atoms with Crippen LogP contribution < -0.4 is 0 Å². The average molecular weight is 240 g/mol. The van der Waals surface area contributed by atoms with Crippen LogP contribution in [0.1, 0.15) is 25.7 Å². The van der Waals surface area contributed by atoms with Crippen molar-refractivity contribution >= 4 is 22.6 Å². The highest BCUT2D eigenvalue weighted by atomic mass is 127. The molecule has 1 aliphatic rings. The molecule has 0 unspecified atom stereocenters. The van der Waals surface area contributed by atoms with Gasteiger partial charge in [-0.05, 0) is 25.7 Å². The van der Waals surface area contributed by atoms with E-state index < -0.39 is 0 Å². The summed E-state index contributed by atoms with van der Waals surface area (Å²) >= 11 is 2.52. The third-order valence-corrected chi connectivity index (χ3v) is 3.03. The number of halogens is 1. The fraction of sp³-hybridized carbons (Fsp3) is 1.00. The summed E-state index contributed by atoms with van der Waals surface area (Å²) in [6, 6.07) is 0. The number of rotatable bonds is 1. The second-order valence-corrected chi connectivity index (χ2v) is 4.38. The Hall–Kier alpha value is 0.690. The van der Waals surface area contributed by atoms with Gasteiger partial charge in [-0.25, -0.2) is 0 Å². The van der Waals surface area contributed by atoms with Gasteiger partial charge >= 0.3 is 0 Å². The van der Waals surface area contributed by atoms with Gasteiger partial charge in [0.2, 0.25) is 0 Å². The molecule has 1 rings (SSSR count). The van der Waals surface area contributed by atoms with Crippen LogP contribution in [0.3, 0.4) is 0 Å². The van der Waals surface area contributed by atoms with Crippen LogP contribution >= 0.6 is 22.6 Å². The zero-order valence-electron chi connectivity index (χ0n) is 5.77. The van der Waals surface area contributed by atoms with E-state index in [4.69, 9.17) is 4.74 Å². The molecule has 2 heteroatoms. The van der Waals surface area contributed by atoms with Crippen molar-refractivity contribution in [1.29, 1.82) is 0 Å². The normalized spacial score (nSPS) is 36.7. The molecule has 0 aromatic heterocycles. The molecule has 1 nitrogen and oxygen atoms in total. The van der Waals surface area contributed by atoms with E-state index in [1.54, 1.807) is 0 Å². The first-order valence-electron chi connectivity index (χ1n) is 3.50. The highest BCUT2D eigenvalue weighted by Crippen LogP contribution is 2.25. The summed E-state index contributed by atoms with van der Waals surface area (Å²) in [6.45, 7) is 0. The largest absolute Gasteiger partial charge is 0.381 e. The van der Waals surface area contributed by atoms with Crippen molar-refractivity contribution < 1.29 is 4.74 Å². The first-order valence-corrected chi connectivity index (χ1v) is 4.74. The molecule has 0 aliphatic heterocycles. The quantitative estimate of drug-likeness (QED) is 0.505. The molecule has 0 aromatic rings. The van der Waals surface area contributed by atoms with E-state index in [0.29, 0.717) is 6.10 Å². The minimum atomic E-state index is 0.556. The maximum atomic E-state index is 5.26. The molecule has 0 spiro atoms. The smallest absolute Gasteiger partial charge is 0.0581 e. The summed E-state index contributed by atoms with van der Waals surface area (Å²) < 4.78 is 6.12. The van der Waals surface area contributed by atoms with Gasteiger partial charge in [-0.15, -0.1) is 0 Å². The molecule has 9 heavy (non-hydrogen) atoms. The summed E-state index contributed by atoms with van der Waals surface area (Å²) in [5, 5.41) is 0. The minimum Gasteiger partial charge on any atom is -0.381 e. The van der Waals surface area contributed by atoms with Crippen molar-refractivity contribution in [2.24, 2.45) is 0 Å². The fourth-order valence-electron chi connectivity index (χ4n) is 1.30. The van der Waals surface area contributed by atoms with Crippen LogP contribution in [0.4, 0.5) is 0 Å². The van der Waals surface area contributed by atoms with Crippen LogP contribution in [0.15, 0.2) is 0 Å². The molecule has 0 amide bonds. The predicted octanol–water partition coefficient (Wildman–Crippen LogP) is 2.38. The van der Waals surface area contributed by atoms with Crippen molar-refractivity contribution in [1.82, 2.24) is 0 Å². The van der Waals surface area contributed by atoms with Gasteiger partial charge in [-0.3, -0.25) is 0 Å². The van der Waals surface area contributed by atoms with Gasteiger partial charge in [0.1, 0.15) is 0 Å². The first kappa shape index (κ1) is 7.79. The lowest BCUT2D eigenvalue weighted by Gasteiger charge is -2.23. The van der Waals surface area contributed by atoms with E-state index in [0.717, 1.165) is 3.92 Å². The lowest BCUT2D eigenvalue weighted by atomic mass is 9.98. The SMILES string of the molecule is CO[C@@H]1CCC[C@H](I)C1. The van der Waals surface area contributed by atoms with Gasteiger partial charge in [0.05, 0.1) is 6.10 Å². The zero-order valence-corrected chi connectivity index (χ0v) is 7.93. The summed E-state index contributed by atoms with van der Waals surface area (Å²) in [7, 11) is 1.82. The monoisotopic (exact) mass is 240 g/mol. The average Bonchev–Trinajstić information content (AvgIpc) is 1.88. The predicted molar refractivity (Wildman–Crippen MR) is 47.1 cm³/mol. The number of hydrogen-bond acceptors (Lipinski definition) is 1. The highest BCUT2D eigenvalue weighted by molar-refractivity contribution is 14.1. The Labute approximate surface area is 70.3 Å². The highest BCUT2D eigenvalue weighted by Gasteiger charge is 2.18. The Morgan fingerprint density at radius 3 is 2.67 bits per heavy atom. The Morgan fingerprint density at radius 1 is 1.44 bits per heavy atom. The molecular weight excluding hydrogens is 227 g/mol. The van der Waals surface area contributed by atoms with Gasteiger partial charge in [0, 0.05) is 11.0 Å². The molecule has 1 saturated carbocycles. The standard InChI is InChI=1S/C7H13IO/c1-9-7-4-2-3-6(8)5-7/h6-7H,2-5H2,1H3/t6-,7+/m0/s1. The molecule has 0 aromatic carbocycles. The summed E-state index contributed by atoms with van der Waals surface area (Å²) in [4.78, 5) is 0. The number of ether oxygens (including phenoxy) is 1. The molecular formula is C7H13IO. The van der Waals surface area contributed by atoms with Crippen molar-refractivity contribution in [2.75, 3.05) is 7.11 Å². The summed E-state index contributed by atoms with van der Waals surface area (Å²) in [5.74, 6) is 0. The van der Waals surface area contributed by atoms with Crippen LogP contribution in [0, 0.1) is 0 Å². The van der Waals surface area contributed by atoms with Crippen molar-refractivity contribution in [2.45, 2.75) is 35.7 Å². The maximum absolute atomic E-state index is 5.26. The lowest BCUT2D eigenvalue weighted by Crippen LogP contribution is -2.21. The van der Waals surface area contributed by atoms with Crippen LogP contribution in [0.5, 0.6) is 0 Å². The zero-order chi connectivity index (χ0) is 6.69. The number of alkyl halides is 1. The van der Waals surface area contributed by atoms with Crippen LogP contribution in [0.2, 0.25) is 0 Å². The molecule has 0 bridgehead atoms.